The van der Waals surface area contributed by atoms with E-state index in [1.54, 1.807) is 31.2 Å². The number of nitrogens with zero attached hydrogens (tertiary/aromatic N) is 3. The lowest BCUT2D eigenvalue weighted by Gasteiger charge is -2.15. The highest BCUT2D eigenvalue weighted by Crippen LogP contribution is 2.24. The van der Waals surface area contributed by atoms with Crippen LogP contribution in [0.1, 0.15) is 23.0 Å². The fourth-order valence-electron chi connectivity index (χ4n) is 2.59. The van der Waals surface area contributed by atoms with Crippen molar-refractivity contribution < 1.29 is 4.79 Å². The Morgan fingerprint density at radius 2 is 1.85 bits per heavy atom. The van der Waals surface area contributed by atoms with Gasteiger partial charge in [0.05, 0.1) is 11.0 Å². The van der Waals surface area contributed by atoms with Gasteiger partial charge in [0.25, 0.3) is 5.91 Å². The summed E-state index contributed by atoms with van der Waals surface area (Å²) in [5.74, 6) is 0.0721. The van der Waals surface area contributed by atoms with Crippen molar-refractivity contribution in [3.63, 3.8) is 0 Å². The van der Waals surface area contributed by atoms with Gasteiger partial charge in [-0.15, -0.1) is 0 Å². The second-order valence-electron chi connectivity index (χ2n) is 6.03. The molecule has 3 rings (SSSR count). The number of rotatable bonds is 5. The summed E-state index contributed by atoms with van der Waals surface area (Å²) in [7, 11) is 3.49. The van der Waals surface area contributed by atoms with Crippen LogP contribution < -0.4 is 10.7 Å². The number of nitrogens with one attached hydrogen (secondary N) is 2. The van der Waals surface area contributed by atoms with Crippen molar-refractivity contribution in [1.29, 1.82) is 0 Å². The second kappa shape index (κ2) is 7.68. The average molecular weight is 370 g/mol. The van der Waals surface area contributed by atoms with Crippen LogP contribution in [0.4, 0.5) is 11.5 Å². The van der Waals surface area contributed by atoms with Gasteiger partial charge in [0.2, 0.25) is 0 Å². The molecule has 1 aromatic heterocycles. The van der Waals surface area contributed by atoms with Crippen LogP contribution in [0.5, 0.6) is 0 Å². The smallest absolute Gasteiger partial charge is 0.288 e. The molecule has 0 saturated heterocycles. The van der Waals surface area contributed by atoms with E-state index in [0.717, 1.165) is 23.2 Å². The molecule has 0 aliphatic rings. The third-order valence-electron chi connectivity index (χ3n) is 3.81. The fourth-order valence-corrected chi connectivity index (χ4v) is 2.72. The summed E-state index contributed by atoms with van der Waals surface area (Å²) in [4.78, 5) is 21.9. The van der Waals surface area contributed by atoms with Gasteiger partial charge in [-0.05, 0) is 42.3 Å². The molecule has 0 spiro atoms. The number of fused-ring (bicyclic) bond motifs is 1. The zero-order valence-electron chi connectivity index (χ0n) is 14.9. The molecule has 0 aliphatic heterocycles. The van der Waals surface area contributed by atoms with Crippen LogP contribution in [-0.2, 0) is 6.42 Å². The molecule has 0 unspecified atom stereocenters. The Balaban J connectivity index is 2.12. The minimum absolute atomic E-state index is 0.231. The summed E-state index contributed by atoms with van der Waals surface area (Å²) in [5, 5.41) is 5.40. The SMILES string of the molecule is CCc1cccc2nc(C(=O)NN(C)C)c(Nc3ccc(Cl)cc3)nc12. The number of hydrogen-bond donors (Lipinski definition) is 2. The number of hydrazine groups is 1. The van der Waals surface area contributed by atoms with Crippen molar-refractivity contribution in [3.8, 4) is 0 Å². The number of hydrogen-bond acceptors (Lipinski definition) is 5. The monoisotopic (exact) mass is 369 g/mol. The van der Waals surface area contributed by atoms with E-state index in [2.05, 4.69) is 22.7 Å². The maximum absolute atomic E-state index is 12.6. The van der Waals surface area contributed by atoms with Gasteiger partial charge in [0, 0.05) is 24.8 Å². The summed E-state index contributed by atoms with van der Waals surface area (Å²) >= 11 is 5.95. The van der Waals surface area contributed by atoms with Crippen LogP contribution in [0.3, 0.4) is 0 Å². The van der Waals surface area contributed by atoms with E-state index in [9.17, 15) is 4.79 Å². The number of para-hydroxylation sites is 1. The number of amides is 1. The van der Waals surface area contributed by atoms with Crippen LogP contribution in [-0.4, -0.2) is 35.0 Å². The van der Waals surface area contributed by atoms with E-state index >= 15 is 0 Å². The molecular weight excluding hydrogens is 350 g/mol. The molecule has 134 valence electrons. The maximum Gasteiger partial charge on any atom is 0.288 e. The Kier molecular flexibility index (Phi) is 5.35. The van der Waals surface area contributed by atoms with Crippen LogP contribution in [0.2, 0.25) is 5.02 Å². The normalized spacial score (nSPS) is 11.0. The van der Waals surface area contributed by atoms with Crippen molar-refractivity contribution in [2.45, 2.75) is 13.3 Å². The number of benzene rings is 2. The molecule has 0 fully saturated rings. The topological polar surface area (TPSA) is 70.2 Å². The molecule has 6 nitrogen and oxygen atoms in total. The molecule has 0 bridgehead atoms. The Morgan fingerprint density at radius 1 is 1.12 bits per heavy atom. The summed E-state index contributed by atoms with van der Waals surface area (Å²) in [6, 6.07) is 13.0. The number of carbonyl (C=O) groups excluding carboxylic acids is 1. The Morgan fingerprint density at radius 3 is 2.50 bits per heavy atom. The highest BCUT2D eigenvalue weighted by molar-refractivity contribution is 6.30. The lowest BCUT2D eigenvalue weighted by atomic mass is 10.1. The first kappa shape index (κ1) is 18.1. The number of halogens is 1. The number of aromatic nitrogens is 2. The van der Waals surface area contributed by atoms with Gasteiger partial charge in [-0.3, -0.25) is 10.2 Å². The van der Waals surface area contributed by atoms with E-state index in [0.29, 0.717) is 16.4 Å². The van der Waals surface area contributed by atoms with Crippen LogP contribution in [0.15, 0.2) is 42.5 Å². The quantitative estimate of drug-likeness (QED) is 0.669. The molecular formula is C19H20ClN5O. The first-order valence-corrected chi connectivity index (χ1v) is 8.66. The minimum Gasteiger partial charge on any atom is -0.338 e. The third-order valence-corrected chi connectivity index (χ3v) is 4.06. The van der Waals surface area contributed by atoms with Crippen molar-refractivity contribution in [1.82, 2.24) is 20.4 Å². The molecule has 0 atom stereocenters. The first-order chi connectivity index (χ1) is 12.5. The van der Waals surface area contributed by atoms with Gasteiger partial charge in [-0.25, -0.2) is 15.0 Å². The van der Waals surface area contributed by atoms with Crippen LogP contribution in [0, 0.1) is 0 Å². The zero-order valence-corrected chi connectivity index (χ0v) is 15.6. The zero-order chi connectivity index (χ0) is 18.7. The van der Waals surface area contributed by atoms with Crippen LogP contribution >= 0.6 is 11.6 Å². The number of anilines is 2. The van der Waals surface area contributed by atoms with Gasteiger partial charge in [0.15, 0.2) is 11.5 Å². The van der Waals surface area contributed by atoms with Crippen molar-refractivity contribution in [2.75, 3.05) is 19.4 Å². The van der Waals surface area contributed by atoms with E-state index in [1.165, 1.54) is 0 Å². The summed E-state index contributed by atoms with van der Waals surface area (Å²) in [5.41, 5.74) is 6.28. The predicted octanol–water partition coefficient (Wildman–Crippen LogP) is 3.80. The largest absolute Gasteiger partial charge is 0.338 e. The standard InChI is InChI=1S/C19H20ClN5O/c1-4-12-6-5-7-15-16(12)23-18(17(22-15)19(26)24-25(2)3)21-14-10-8-13(20)9-11-14/h5-11H,4H2,1-3H3,(H,21,23)(H,24,26). The van der Waals surface area contributed by atoms with E-state index in [1.807, 2.05) is 30.3 Å². The lowest BCUT2D eigenvalue weighted by molar-refractivity contribution is 0.0852. The Labute approximate surface area is 157 Å². The van der Waals surface area contributed by atoms with Gasteiger partial charge < -0.3 is 5.32 Å². The summed E-state index contributed by atoms with van der Waals surface area (Å²) in [6.07, 6.45) is 0.829. The Bertz CT molecular complexity index is 941. The van der Waals surface area contributed by atoms with Crippen molar-refractivity contribution >= 4 is 40.0 Å². The van der Waals surface area contributed by atoms with E-state index in [4.69, 9.17) is 16.6 Å². The van der Waals surface area contributed by atoms with Crippen molar-refractivity contribution in [2.24, 2.45) is 0 Å². The molecule has 7 heteroatoms. The molecule has 0 saturated carbocycles. The Hall–Kier alpha value is -2.70. The second-order valence-corrected chi connectivity index (χ2v) is 6.46. The molecule has 0 aliphatic carbocycles. The molecule has 1 amide bonds. The highest BCUT2D eigenvalue weighted by Gasteiger charge is 2.18. The van der Waals surface area contributed by atoms with Gasteiger partial charge >= 0.3 is 0 Å². The molecule has 0 radical (unpaired) electrons. The number of carbonyl (C=O) groups is 1. The summed E-state index contributed by atoms with van der Waals surface area (Å²) < 4.78 is 0. The van der Waals surface area contributed by atoms with E-state index in [-0.39, 0.29) is 11.6 Å². The first-order valence-electron chi connectivity index (χ1n) is 8.28. The summed E-state index contributed by atoms with van der Waals surface area (Å²) in [6.45, 7) is 2.06. The van der Waals surface area contributed by atoms with Gasteiger partial charge in [-0.1, -0.05) is 30.7 Å². The maximum atomic E-state index is 12.6. The minimum atomic E-state index is -0.331. The third kappa shape index (κ3) is 3.92. The predicted molar refractivity (Wildman–Crippen MR) is 105 cm³/mol. The van der Waals surface area contributed by atoms with E-state index < -0.39 is 0 Å². The lowest BCUT2D eigenvalue weighted by Crippen LogP contribution is -2.37. The van der Waals surface area contributed by atoms with Crippen molar-refractivity contribution in [3.05, 3.63) is 58.7 Å². The van der Waals surface area contributed by atoms with Gasteiger partial charge in [0.1, 0.15) is 0 Å². The number of aryl methyl sites for hydroxylation is 1. The molecule has 2 N–H and O–H groups in total. The fraction of sp³-hybridized carbons (Fsp3) is 0.211. The molecule has 1 heterocycles. The molecule has 2 aromatic carbocycles. The van der Waals surface area contributed by atoms with Gasteiger partial charge in [-0.2, -0.15) is 0 Å². The van der Waals surface area contributed by atoms with Crippen LogP contribution in [0.25, 0.3) is 11.0 Å². The highest BCUT2D eigenvalue weighted by atomic mass is 35.5. The average Bonchev–Trinajstić information content (AvgIpc) is 2.62. The molecule has 26 heavy (non-hydrogen) atoms. The molecule has 3 aromatic rings.